The van der Waals surface area contributed by atoms with Crippen molar-refractivity contribution in [1.82, 2.24) is 14.8 Å². The average Bonchev–Trinajstić information content (AvgIpc) is 3.17. The van der Waals surface area contributed by atoms with Gasteiger partial charge in [0.15, 0.2) is 11.0 Å². The van der Waals surface area contributed by atoms with Gasteiger partial charge in [-0.15, -0.1) is 21.5 Å². The van der Waals surface area contributed by atoms with Gasteiger partial charge in [0.05, 0.1) is 10.1 Å². The van der Waals surface area contributed by atoms with Gasteiger partial charge in [-0.3, -0.25) is 9.36 Å². The molecule has 1 fully saturated rings. The molecule has 0 spiro atoms. The maximum Gasteiger partial charge on any atom is 0.237 e. The van der Waals surface area contributed by atoms with Crippen LogP contribution >= 0.6 is 23.1 Å². The first-order chi connectivity index (χ1) is 13.0. The summed E-state index contributed by atoms with van der Waals surface area (Å²) in [5, 5.41) is 12.9. The van der Waals surface area contributed by atoms with Crippen LogP contribution in [-0.2, 0) is 4.79 Å². The molecule has 0 bridgehead atoms. The summed E-state index contributed by atoms with van der Waals surface area (Å²) >= 11 is 2.82. The molecule has 27 heavy (non-hydrogen) atoms. The number of amides is 1. The van der Waals surface area contributed by atoms with E-state index < -0.39 is 28.5 Å². The zero-order valence-electron chi connectivity index (χ0n) is 14.4. The summed E-state index contributed by atoms with van der Waals surface area (Å²) in [7, 11) is 0. The topological polar surface area (TPSA) is 59.8 Å². The zero-order chi connectivity index (χ0) is 19.0. The zero-order valence-corrected chi connectivity index (χ0v) is 16.0. The van der Waals surface area contributed by atoms with E-state index in [1.165, 1.54) is 17.8 Å². The van der Waals surface area contributed by atoms with E-state index in [2.05, 4.69) is 20.1 Å². The number of benzene rings is 1. The molecule has 1 saturated carbocycles. The molecule has 5 nitrogen and oxygen atoms in total. The molecule has 2 aromatic heterocycles. The maximum atomic E-state index is 13.8. The van der Waals surface area contributed by atoms with Crippen LogP contribution < -0.4 is 5.32 Å². The first-order valence-electron chi connectivity index (χ1n) is 8.45. The van der Waals surface area contributed by atoms with Gasteiger partial charge in [0.25, 0.3) is 0 Å². The van der Waals surface area contributed by atoms with Crippen molar-refractivity contribution >= 4 is 34.7 Å². The van der Waals surface area contributed by atoms with Crippen LogP contribution in [-0.4, -0.2) is 25.9 Å². The predicted molar refractivity (Wildman–Crippen MR) is 102 cm³/mol. The van der Waals surface area contributed by atoms with Crippen LogP contribution in [0.3, 0.4) is 0 Å². The number of para-hydroxylation sites is 1. The Bertz CT molecular complexity index is 950. The lowest BCUT2D eigenvalue weighted by Gasteiger charge is -2.14. The minimum atomic E-state index is -0.804. The van der Waals surface area contributed by atoms with Crippen molar-refractivity contribution in [2.75, 3.05) is 5.32 Å². The summed E-state index contributed by atoms with van der Waals surface area (Å²) in [6.07, 6.45) is 2.09. The quantitative estimate of drug-likeness (QED) is 0.601. The van der Waals surface area contributed by atoms with Crippen LogP contribution in [0, 0.1) is 11.6 Å². The third-order valence-electron chi connectivity index (χ3n) is 4.18. The Morgan fingerprint density at radius 3 is 2.63 bits per heavy atom. The van der Waals surface area contributed by atoms with E-state index >= 15 is 0 Å². The number of anilines is 1. The number of halogens is 2. The van der Waals surface area contributed by atoms with Gasteiger partial charge in [-0.2, -0.15) is 0 Å². The fraction of sp³-hybridized carbons (Fsp3) is 0.278. The van der Waals surface area contributed by atoms with Crippen molar-refractivity contribution < 1.29 is 13.6 Å². The molecule has 1 aromatic carbocycles. The highest BCUT2D eigenvalue weighted by molar-refractivity contribution is 8.00. The third kappa shape index (κ3) is 3.74. The second-order valence-corrected chi connectivity index (χ2v) is 8.49. The van der Waals surface area contributed by atoms with Gasteiger partial charge in [0, 0.05) is 6.04 Å². The molecule has 9 heteroatoms. The second kappa shape index (κ2) is 7.40. The predicted octanol–water partition coefficient (Wildman–Crippen LogP) is 4.74. The van der Waals surface area contributed by atoms with E-state index in [1.807, 2.05) is 17.5 Å². The minimum absolute atomic E-state index is 0.332. The van der Waals surface area contributed by atoms with Crippen molar-refractivity contribution in [3.8, 4) is 10.7 Å². The molecule has 0 aliphatic heterocycles. The molecular weight excluding hydrogens is 390 g/mol. The fourth-order valence-corrected chi connectivity index (χ4v) is 4.27. The first-order valence-corrected chi connectivity index (χ1v) is 10.2. The van der Waals surface area contributed by atoms with Gasteiger partial charge >= 0.3 is 0 Å². The summed E-state index contributed by atoms with van der Waals surface area (Å²) in [6.45, 7) is 1.68. The highest BCUT2D eigenvalue weighted by atomic mass is 32.2. The van der Waals surface area contributed by atoms with E-state index in [0.717, 1.165) is 35.7 Å². The van der Waals surface area contributed by atoms with Crippen molar-refractivity contribution in [3.63, 3.8) is 0 Å². The molecule has 4 rings (SSSR count). The van der Waals surface area contributed by atoms with Gasteiger partial charge in [0.1, 0.15) is 17.3 Å². The van der Waals surface area contributed by atoms with Crippen LogP contribution in [0.25, 0.3) is 10.7 Å². The summed E-state index contributed by atoms with van der Waals surface area (Å²) in [5.41, 5.74) is -0.433. The Morgan fingerprint density at radius 1 is 1.26 bits per heavy atom. The number of hydrogen-bond acceptors (Lipinski definition) is 5. The Labute approximate surface area is 162 Å². The van der Waals surface area contributed by atoms with Gasteiger partial charge in [0.2, 0.25) is 5.91 Å². The molecule has 1 amide bonds. The summed E-state index contributed by atoms with van der Waals surface area (Å²) < 4.78 is 29.6. The Hall–Kier alpha value is -2.26. The van der Waals surface area contributed by atoms with Crippen molar-refractivity contribution in [2.45, 2.75) is 36.2 Å². The van der Waals surface area contributed by atoms with Crippen LogP contribution in [0.15, 0.2) is 40.9 Å². The number of carbonyl (C=O) groups excluding carboxylic acids is 1. The van der Waals surface area contributed by atoms with E-state index in [-0.39, 0.29) is 0 Å². The van der Waals surface area contributed by atoms with E-state index in [9.17, 15) is 13.6 Å². The lowest BCUT2D eigenvalue weighted by atomic mass is 10.3. The summed E-state index contributed by atoms with van der Waals surface area (Å²) in [6, 6.07) is 7.74. The summed E-state index contributed by atoms with van der Waals surface area (Å²) in [4.78, 5) is 13.5. The molecule has 0 saturated heterocycles. The molecule has 1 N–H and O–H groups in total. The van der Waals surface area contributed by atoms with Gasteiger partial charge in [-0.25, -0.2) is 8.78 Å². The number of rotatable bonds is 6. The fourth-order valence-electron chi connectivity index (χ4n) is 2.65. The lowest BCUT2D eigenvalue weighted by Crippen LogP contribution is -2.24. The molecule has 1 atom stereocenters. The highest BCUT2D eigenvalue weighted by Crippen LogP contribution is 2.42. The number of nitrogens with one attached hydrogen (secondary N) is 1. The molecule has 0 radical (unpaired) electrons. The van der Waals surface area contributed by atoms with E-state index in [0.29, 0.717) is 11.2 Å². The number of nitrogens with zero attached hydrogens (tertiary/aromatic N) is 3. The smallest absolute Gasteiger partial charge is 0.237 e. The number of hydrogen-bond donors (Lipinski definition) is 1. The van der Waals surface area contributed by atoms with Gasteiger partial charge in [-0.05, 0) is 43.3 Å². The monoisotopic (exact) mass is 406 g/mol. The molecular formula is C18H16F2N4OS2. The van der Waals surface area contributed by atoms with Crippen molar-refractivity contribution in [3.05, 3.63) is 47.3 Å². The summed E-state index contributed by atoms with van der Waals surface area (Å²) in [5.74, 6) is -1.31. The minimum Gasteiger partial charge on any atom is -0.320 e. The lowest BCUT2D eigenvalue weighted by molar-refractivity contribution is -0.115. The Kier molecular flexibility index (Phi) is 4.96. The van der Waals surface area contributed by atoms with Crippen LogP contribution in [0.5, 0.6) is 0 Å². The Morgan fingerprint density at radius 2 is 2.00 bits per heavy atom. The number of thioether (sulfide) groups is 1. The molecule has 2 heterocycles. The Balaban J connectivity index is 1.53. The first kappa shape index (κ1) is 18.1. The molecule has 140 valence electrons. The van der Waals surface area contributed by atoms with Crippen molar-refractivity contribution in [1.29, 1.82) is 0 Å². The molecule has 1 aliphatic rings. The van der Waals surface area contributed by atoms with E-state index in [1.54, 1.807) is 18.3 Å². The molecule has 1 aliphatic carbocycles. The average molecular weight is 406 g/mol. The number of aromatic nitrogens is 3. The van der Waals surface area contributed by atoms with Gasteiger partial charge in [-0.1, -0.05) is 23.9 Å². The van der Waals surface area contributed by atoms with Crippen molar-refractivity contribution in [2.24, 2.45) is 0 Å². The third-order valence-corrected chi connectivity index (χ3v) is 6.10. The SMILES string of the molecule is C[C@@H](Sc1nnc(-c2cccs2)n1C1CC1)C(=O)Nc1c(F)cccc1F. The molecule has 0 unspecified atom stereocenters. The maximum absolute atomic E-state index is 13.8. The molecule has 3 aromatic rings. The van der Waals surface area contributed by atoms with Crippen LogP contribution in [0.2, 0.25) is 0 Å². The van der Waals surface area contributed by atoms with Crippen LogP contribution in [0.4, 0.5) is 14.5 Å². The van der Waals surface area contributed by atoms with Gasteiger partial charge < -0.3 is 5.32 Å². The normalized spacial score (nSPS) is 14.9. The van der Waals surface area contributed by atoms with Crippen LogP contribution in [0.1, 0.15) is 25.8 Å². The number of carbonyl (C=O) groups is 1. The standard InChI is InChI=1S/C18H16F2N4OS2/c1-10(17(25)21-15-12(19)4-2-5-13(15)20)27-18-23-22-16(14-6-3-9-26-14)24(18)11-7-8-11/h2-6,9-11H,7-8H2,1H3,(H,21,25)/t10-/m1/s1. The largest absolute Gasteiger partial charge is 0.320 e. The highest BCUT2D eigenvalue weighted by Gasteiger charge is 2.32. The number of thiophene rings is 1. The second-order valence-electron chi connectivity index (χ2n) is 6.23. The van der Waals surface area contributed by atoms with E-state index in [4.69, 9.17) is 0 Å².